The van der Waals surface area contributed by atoms with Gasteiger partial charge in [-0.05, 0) is 34.8 Å². The van der Waals surface area contributed by atoms with Gasteiger partial charge in [-0.3, -0.25) is 4.68 Å². The van der Waals surface area contributed by atoms with Gasteiger partial charge in [0.1, 0.15) is 4.60 Å². The summed E-state index contributed by atoms with van der Waals surface area (Å²) in [6.45, 7) is 0. The molecule has 1 aliphatic carbocycles. The quantitative estimate of drug-likeness (QED) is 0.764. The van der Waals surface area contributed by atoms with Crippen molar-refractivity contribution >= 4 is 15.9 Å². The predicted molar refractivity (Wildman–Crippen MR) is 46.0 cm³/mol. The summed E-state index contributed by atoms with van der Waals surface area (Å²) in [5.74, 6) is 0. The topological polar surface area (TPSA) is 43.8 Å². The molecule has 60 valence electrons. The van der Waals surface area contributed by atoms with E-state index in [1.54, 1.807) is 0 Å². The average molecular weight is 216 g/mol. The van der Waals surface area contributed by atoms with E-state index in [2.05, 4.69) is 21.0 Å². The number of hydrogen-bond donors (Lipinski definition) is 1. The molecule has 1 aromatic rings. The minimum absolute atomic E-state index is 0.0756. The van der Waals surface area contributed by atoms with Gasteiger partial charge in [-0.25, -0.2) is 0 Å². The molecule has 0 bridgehead atoms. The third kappa shape index (κ3) is 1.10. The highest BCUT2D eigenvalue weighted by Gasteiger charge is 2.42. The Balaban J connectivity index is 2.44. The van der Waals surface area contributed by atoms with Gasteiger partial charge in [0.15, 0.2) is 0 Å². The second-order valence-electron chi connectivity index (χ2n) is 3.13. The van der Waals surface area contributed by atoms with Crippen LogP contribution in [0.2, 0.25) is 0 Å². The summed E-state index contributed by atoms with van der Waals surface area (Å²) in [7, 11) is 1.92. The number of nitrogens with zero attached hydrogens (tertiary/aromatic N) is 2. The first-order valence-electron chi connectivity index (χ1n) is 3.61. The zero-order chi connectivity index (χ0) is 8.06. The van der Waals surface area contributed by atoms with Crippen molar-refractivity contribution in [2.75, 3.05) is 0 Å². The van der Waals surface area contributed by atoms with Crippen molar-refractivity contribution < 1.29 is 0 Å². The standard InChI is InChI=1S/C7H10BrN3/c1-11-5(4-6(8)10-11)7(9)2-3-7/h4H,2-3,9H2,1H3. The first-order valence-corrected chi connectivity index (χ1v) is 4.40. The molecule has 1 aromatic heterocycles. The summed E-state index contributed by atoms with van der Waals surface area (Å²) in [6, 6.07) is 1.99. The van der Waals surface area contributed by atoms with Gasteiger partial charge in [0.2, 0.25) is 0 Å². The Bertz CT molecular complexity index is 288. The Hall–Kier alpha value is -0.350. The monoisotopic (exact) mass is 215 g/mol. The van der Waals surface area contributed by atoms with E-state index in [1.807, 2.05) is 17.8 Å². The Kier molecular flexibility index (Phi) is 1.38. The molecule has 0 aromatic carbocycles. The molecule has 0 atom stereocenters. The van der Waals surface area contributed by atoms with E-state index in [0.29, 0.717) is 0 Å². The van der Waals surface area contributed by atoms with E-state index >= 15 is 0 Å². The van der Waals surface area contributed by atoms with E-state index < -0.39 is 0 Å². The first kappa shape index (κ1) is 7.31. The molecule has 4 heteroatoms. The minimum atomic E-state index is -0.0756. The third-order valence-electron chi connectivity index (χ3n) is 2.15. The molecule has 3 nitrogen and oxygen atoms in total. The highest BCUT2D eigenvalue weighted by atomic mass is 79.9. The summed E-state index contributed by atoms with van der Waals surface area (Å²) in [6.07, 6.45) is 2.16. The van der Waals surface area contributed by atoms with E-state index in [-0.39, 0.29) is 5.54 Å². The van der Waals surface area contributed by atoms with Crippen LogP contribution in [-0.4, -0.2) is 9.78 Å². The minimum Gasteiger partial charge on any atom is -0.320 e. The van der Waals surface area contributed by atoms with Crippen LogP contribution in [0, 0.1) is 0 Å². The molecule has 11 heavy (non-hydrogen) atoms. The van der Waals surface area contributed by atoms with Crippen LogP contribution in [0.3, 0.4) is 0 Å². The van der Waals surface area contributed by atoms with Crippen LogP contribution in [0.15, 0.2) is 10.7 Å². The summed E-state index contributed by atoms with van der Waals surface area (Å²) in [5, 5.41) is 4.17. The number of aryl methyl sites for hydroxylation is 1. The molecule has 0 saturated heterocycles. The second kappa shape index (κ2) is 2.08. The van der Waals surface area contributed by atoms with Crippen molar-refractivity contribution in [1.29, 1.82) is 0 Å². The maximum atomic E-state index is 6.00. The molecule has 2 rings (SSSR count). The van der Waals surface area contributed by atoms with Crippen LogP contribution < -0.4 is 5.73 Å². The molecule has 0 spiro atoms. The van der Waals surface area contributed by atoms with Crippen LogP contribution in [0.25, 0.3) is 0 Å². The van der Waals surface area contributed by atoms with Crippen molar-refractivity contribution in [3.8, 4) is 0 Å². The fourth-order valence-corrected chi connectivity index (χ4v) is 1.74. The Morgan fingerprint density at radius 1 is 1.73 bits per heavy atom. The van der Waals surface area contributed by atoms with Gasteiger partial charge < -0.3 is 5.73 Å². The highest BCUT2D eigenvalue weighted by Crippen LogP contribution is 2.42. The Morgan fingerprint density at radius 2 is 2.36 bits per heavy atom. The van der Waals surface area contributed by atoms with Crippen molar-refractivity contribution in [1.82, 2.24) is 9.78 Å². The highest BCUT2D eigenvalue weighted by molar-refractivity contribution is 9.10. The van der Waals surface area contributed by atoms with Gasteiger partial charge in [-0.2, -0.15) is 5.10 Å². The first-order chi connectivity index (χ1) is 5.12. The fourth-order valence-electron chi connectivity index (χ4n) is 1.29. The fraction of sp³-hybridized carbons (Fsp3) is 0.571. The molecule has 0 radical (unpaired) electrons. The zero-order valence-electron chi connectivity index (χ0n) is 6.34. The SMILES string of the molecule is Cn1nc(Br)cc1C1(N)CC1. The molecular weight excluding hydrogens is 206 g/mol. The van der Waals surface area contributed by atoms with E-state index in [9.17, 15) is 0 Å². The lowest BCUT2D eigenvalue weighted by molar-refractivity contribution is 0.614. The predicted octanol–water partition coefficient (Wildman–Crippen LogP) is 1.13. The zero-order valence-corrected chi connectivity index (χ0v) is 7.93. The summed E-state index contributed by atoms with van der Waals surface area (Å²) in [5.41, 5.74) is 7.05. The number of hydrogen-bond acceptors (Lipinski definition) is 2. The smallest absolute Gasteiger partial charge is 0.128 e. The van der Waals surface area contributed by atoms with Crippen LogP contribution >= 0.6 is 15.9 Å². The third-order valence-corrected chi connectivity index (χ3v) is 2.54. The lowest BCUT2D eigenvalue weighted by Crippen LogP contribution is -2.22. The molecule has 1 heterocycles. The largest absolute Gasteiger partial charge is 0.320 e. The Labute approximate surface area is 73.7 Å². The summed E-state index contributed by atoms with van der Waals surface area (Å²) in [4.78, 5) is 0. The molecule has 1 fully saturated rings. The number of aromatic nitrogens is 2. The van der Waals surface area contributed by atoms with Crippen LogP contribution in [0.4, 0.5) is 0 Å². The maximum Gasteiger partial charge on any atom is 0.128 e. The van der Waals surface area contributed by atoms with Crippen LogP contribution in [0.5, 0.6) is 0 Å². The van der Waals surface area contributed by atoms with E-state index in [4.69, 9.17) is 5.73 Å². The lowest BCUT2D eigenvalue weighted by atomic mass is 10.2. The summed E-state index contributed by atoms with van der Waals surface area (Å²) >= 11 is 3.32. The van der Waals surface area contributed by atoms with Gasteiger partial charge in [0, 0.05) is 7.05 Å². The summed E-state index contributed by atoms with van der Waals surface area (Å²) < 4.78 is 2.71. The van der Waals surface area contributed by atoms with E-state index in [1.165, 1.54) is 0 Å². The van der Waals surface area contributed by atoms with Gasteiger partial charge in [0.25, 0.3) is 0 Å². The van der Waals surface area contributed by atoms with Crippen LogP contribution in [-0.2, 0) is 12.6 Å². The maximum absolute atomic E-state index is 6.00. The normalized spacial score (nSPS) is 20.3. The van der Waals surface area contributed by atoms with Crippen LogP contribution in [0.1, 0.15) is 18.5 Å². The molecular formula is C7H10BrN3. The van der Waals surface area contributed by atoms with Crippen molar-refractivity contribution in [2.24, 2.45) is 12.8 Å². The molecule has 0 aliphatic heterocycles. The molecule has 1 aliphatic rings. The lowest BCUT2D eigenvalue weighted by Gasteiger charge is -2.07. The molecule has 0 amide bonds. The average Bonchev–Trinajstić information content (AvgIpc) is 2.55. The second-order valence-corrected chi connectivity index (χ2v) is 3.94. The van der Waals surface area contributed by atoms with Gasteiger partial charge in [-0.15, -0.1) is 0 Å². The van der Waals surface area contributed by atoms with Gasteiger partial charge >= 0.3 is 0 Å². The molecule has 1 saturated carbocycles. The van der Waals surface area contributed by atoms with E-state index in [0.717, 1.165) is 23.1 Å². The number of nitrogens with two attached hydrogens (primary N) is 1. The van der Waals surface area contributed by atoms with Crippen molar-refractivity contribution in [3.05, 3.63) is 16.4 Å². The molecule has 0 unspecified atom stereocenters. The van der Waals surface area contributed by atoms with Crippen molar-refractivity contribution in [3.63, 3.8) is 0 Å². The number of rotatable bonds is 1. The number of halogens is 1. The van der Waals surface area contributed by atoms with Crippen molar-refractivity contribution in [2.45, 2.75) is 18.4 Å². The van der Waals surface area contributed by atoms with Gasteiger partial charge in [0.05, 0.1) is 11.2 Å². The Morgan fingerprint density at radius 3 is 2.73 bits per heavy atom. The van der Waals surface area contributed by atoms with Gasteiger partial charge in [-0.1, -0.05) is 0 Å². The molecule has 2 N–H and O–H groups in total.